The average molecular weight is 324 g/mol. The number of anilines is 1. The number of ether oxygens (including phenoxy) is 2. The van der Waals surface area contributed by atoms with Gasteiger partial charge in [0.1, 0.15) is 0 Å². The molecule has 4 heteroatoms. The third-order valence-electron chi connectivity index (χ3n) is 5.20. The Bertz CT molecular complexity index is 725. The van der Waals surface area contributed by atoms with E-state index in [1.165, 1.54) is 24.1 Å². The smallest absolute Gasteiger partial charge is 0.163 e. The van der Waals surface area contributed by atoms with Crippen LogP contribution in [-0.4, -0.2) is 18.2 Å². The van der Waals surface area contributed by atoms with Crippen LogP contribution in [0.2, 0.25) is 0 Å². The van der Waals surface area contributed by atoms with Crippen LogP contribution in [0, 0.1) is 0 Å². The van der Waals surface area contributed by atoms with Gasteiger partial charge in [0.15, 0.2) is 11.5 Å². The maximum Gasteiger partial charge on any atom is 0.163 e. The zero-order valence-electron chi connectivity index (χ0n) is 14.4. The molecule has 1 atom stereocenters. The standard InChI is InChI=1S/C20H24N2O2/c1-14-20-15(6-5-11-21-20)13-22(14)16-9-10-18(23-2)19(12-16)24-17-7-3-4-8-17/h5-6,9-12,14,17H,3-4,7-8,13H2,1-2H3. The third kappa shape index (κ3) is 2.70. The van der Waals surface area contributed by atoms with E-state index in [0.29, 0.717) is 6.10 Å². The maximum atomic E-state index is 6.24. The molecule has 4 nitrogen and oxygen atoms in total. The van der Waals surface area contributed by atoms with Gasteiger partial charge in [0, 0.05) is 24.5 Å². The molecular formula is C20H24N2O2. The van der Waals surface area contributed by atoms with E-state index in [1.54, 1.807) is 7.11 Å². The Balaban J connectivity index is 1.62. The minimum Gasteiger partial charge on any atom is -0.493 e. The van der Waals surface area contributed by atoms with Gasteiger partial charge in [-0.15, -0.1) is 0 Å². The normalized spacial score (nSPS) is 20.2. The molecule has 126 valence electrons. The highest BCUT2D eigenvalue weighted by Crippen LogP contribution is 2.40. The van der Waals surface area contributed by atoms with Gasteiger partial charge in [0.25, 0.3) is 0 Å². The number of hydrogen-bond donors (Lipinski definition) is 0. The van der Waals surface area contributed by atoms with E-state index >= 15 is 0 Å². The van der Waals surface area contributed by atoms with Crippen molar-refractivity contribution in [2.24, 2.45) is 0 Å². The highest BCUT2D eigenvalue weighted by molar-refractivity contribution is 5.59. The Labute approximate surface area is 143 Å². The number of nitrogens with zero attached hydrogens (tertiary/aromatic N) is 2. The quantitative estimate of drug-likeness (QED) is 0.830. The summed E-state index contributed by atoms with van der Waals surface area (Å²) < 4.78 is 11.7. The second kappa shape index (κ2) is 6.34. The molecule has 1 fully saturated rings. The Hall–Kier alpha value is -2.23. The van der Waals surface area contributed by atoms with Crippen LogP contribution in [0.25, 0.3) is 0 Å². The molecule has 2 heterocycles. The number of benzene rings is 1. The van der Waals surface area contributed by atoms with Crippen LogP contribution < -0.4 is 14.4 Å². The molecule has 0 bridgehead atoms. The fourth-order valence-electron chi connectivity index (χ4n) is 3.87. The second-order valence-electron chi connectivity index (χ2n) is 6.71. The van der Waals surface area contributed by atoms with Crippen LogP contribution in [0.5, 0.6) is 11.5 Å². The summed E-state index contributed by atoms with van der Waals surface area (Å²) >= 11 is 0. The summed E-state index contributed by atoms with van der Waals surface area (Å²) in [6.45, 7) is 3.10. The minimum absolute atomic E-state index is 0.272. The van der Waals surface area contributed by atoms with Crippen LogP contribution in [0.1, 0.15) is 49.9 Å². The lowest BCUT2D eigenvalue weighted by Gasteiger charge is -2.25. The number of fused-ring (bicyclic) bond motifs is 1. The number of rotatable bonds is 4. The molecular weight excluding hydrogens is 300 g/mol. The van der Waals surface area contributed by atoms with Crippen molar-refractivity contribution < 1.29 is 9.47 Å². The van der Waals surface area contributed by atoms with Gasteiger partial charge in [-0.1, -0.05) is 6.07 Å². The molecule has 1 unspecified atom stereocenters. The van der Waals surface area contributed by atoms with E-state index in [-0.39, 0.29) is 6.04 Å². The minimum atomic E-state index is 0.272. The first-order valence-corrected chi connectivity index (χ1v) is 8.81. The zero-order chi connectivity index (χ0) is 16.5. The number of hydrogen-bond acceptors (Lipinski definition) is 4. The fraction of sp³-hybridized carbons (Fsp3) is 0.450. The van der Waals surface area contributed by atoms with Gasteiger partial charge < -0.3 is 14.4 Å². The third-order valence-corrected chi connectivity index (χ3v) is 5.20. The van der Waals surface area contributed by atoms with E-state index in [0.717, 1.165) is 36.6 Å². The van der Waals surface area contributed by atoms with E-state index in [1.807, 2.05) is 18.3 Å². The monoisotopic (exact) mass is 324 g/mol. The summed E-state index contributed by atoms with van der Waals surface area (Å²) in [7, 11) is 1.70. The zero-order valence-corrected chi connectivity index (χ0v) is 14.4. The molecule has 1 aromatic carbocycles. The predicted octanol–water partition coefficient (Wildman–Crippen LogP) is 4.49. The van der Waals surface area contributed by atoms with Gasteiger partial charge in [-0.3, -0.25) is 4.98 Å². The van der Waals surface area contributed by atoms with Crippen molar-refractivity contribution in [1.82, 2.24) is 4.98 Å². The first-order valence-electron chi connectivity index (χ1n) is 8.81. The Morgan fingerprint density at radius 1 is 1.12 bits per heavy atom. The van der Waals surface area contributed by atoms with Crippen molar-refractivity contribution in [2.45, 2.75) is 51.3 Å². The van der Waals surface area contributed by atoms with Gasteiger partial charge in [-0.2, -0.15) is 0 Å². The molecule has 0 spiro atoms. The molecule has 2 aliphatic rings. The van der Waals surface area contributed by atoms with Crippen LogP contribution >= 0.6 is 0 Å². The molecule has 1 aliphatic carbocycles. The summed E-state index contributed by atoms with van der Waals surface area (Å²) in [6, 6.07) is 10.7. The Kier molecular flexibility index (Phi) is 4.05. The van der Waals surface area contributed by atoms with Crippen molar-refractivity contribution in [3.05, 3.63) is 47.8 Å². The maximum absolute atomic E-state index is 6.24. The summed E-state index contributed by atoms with van der Waals surface area (Å²) in [5.41, 5.74) is 3.64. The lowest BCUT2D eigenvalue weighted by atomic mass is 10.2. The van der Waals surface area contributed by atoms with Gasteiger partial charge >= 0.3 is 0 Å². The van der Waals surface area contributed by atoms with E-state index < -0.39 is 0 Å². The predicted molar refractivity (Wildman–Crippen MR) is 94.7 cm³/mol. The largest absolute Gasteiger partial charge is 0.493 e. The number of pyridine rings is 1. The SMILES string of the molecule is COc1ccc(N2Cc3cccnc3C2C)cc1OC1CCCC1. The first-order chi connectivity index (χ1) is 11.8. The van der Waals surface area contributed by atoms with Crippen molar-refractivity contribution in [1.29, 1.82) is 0 Å². The summed E-state index contributed by atoms with van der Waals surface area (Å²) in [5.74, 6) is 1.67. The molecule has 0 saturated heterocycles. The molecule has 1 aromatic heterocycles. The van der Waals surface area contributed by atoms with Crippen molar-refractivity contribution in [2.75, 3.05) is 12.0 Å². The highest BCUT2D eigenvalue weighted by Gasteiger charge is 2.28. The van der Waals surface area contributed by atoms with Gasteiger partial charge in [-0.25, -0.2) is 0 Å². The second-order valence-corrected chi connectivity index (χ2v) is 6.71. The van der Waals surface area contributed by atoms with E-state index in [4.69, 9.17) is 9.47 Å². The molecule has 1 aliphatic heterocycles. The number of aromatic nitrogens is 1. The van der Waals surface area contributed by atoms with Crippen molar-refractivity contribution >= 4 is 5.69 Å². The lowest BCUT2D eigenvalue weighted by Crippen LogP contribution is -2.19. The van der Waals surface area contributed by atoms with Crippen LogP contribution in [0.3, 0.4) is 0 Å². The van der Waals surface area contributed by atoms with E-state index in [2.05, 4.69) is 35.0 Å². The molecule has 0 amide bonds. The topological polar surface area (TPSA) is 34.6 Å². The Morgan fingerprint density at radius 3 is 2.71 bits per heavy atom. The van der Waals surface area contributed by atoms with Gasteiger partial charge in [0.2, 0.25) is 0 Å². The molecule has 24 heavy (non-hydrogen) atoms. The molecule has 4 rings (SSSR count). The van der Waals surface area contributed by atoms with Gasteiger partial charge in [-0.05, 0) is 56.4 Å². The number of methoxy groups -OCH3 is 1. The molecule has 0 radical (unpaired) electrons. The summed E-state index contributed by atoms with van der Waals surface area (Å²) in [5, 5.41) is 0. The van der Waals surface area contributed by atoms with Crippen LogP contribution in [-0.2, 0) is 6.54 Å². The summed E-state index contributed by atoms with van der Waals surface area (Å²) in [4.78, 5) is 6.93. The van der Waals surface area contributed by atoms with Crippen LogP contribution in [0.15, 0.2) is 36.5 Å². The summed E-state index contributed by atoms with van der Waals surface area (Å²) in [6.07, 6.45) is 7.00. The first kappa shape index (κ1) is 15.3. The molecule has 0 N–H and O–H groups in total. The lowest BCUT2D eigenvalue weighted by molar-refractivity contribution is 0.201. The average Bonchev–Trinajstić information content (AvgIpc) is 3.23. The Morgan fingerprint density at radius 2 is 1.96 bits per heavy atom. The van der Waals surface area contributed by atoms with E-state index in [9.17, 15) is 0 Å². The highest BCUT2D eigenvalue weighted by atomic mass is 16.5. The molecule has 1 saturated carbocycles. The van der Waals surface area contributed by atoms with Crippen molar-refractivity contribution in [3.8, 4) is 11.5 Å². The van der Waals surface area contributed by atoms with Crippen LogP contribution in [0.4, 0.5) is 5.69 Å². The van der Waals surface area contributed by atoms with Crippen molar-refractivity contribution in [3.63, 3.8) is 0 Å². The fourth-order valence-corrected chi connectivity index (χ4v) is 3.87. The molecule has 2 aromatic rings. The van der Waals surface area contributed by atoms with Gasteiger partial charge in [0.05, 0.1) is 24.9 Å².